The van der Waals surface area contributed by atoms with E-state index < -0.39 is 16.2 Å². The molecule has 1 heterocycles. The molecule has 0 aromatic carbocycles. The molecule has 1 fully saturated rings. The SMILES string of the molecule is O=C(O)c1cn(CCNS(=O)(=O)NC2CC2)cn1. The molecule has 0 bridgehead atoms. The first-order chi connectivity index (χ1) is 8.46. The van der Waals surface area contributed by atoms with Crippen LogP contribution in [0.4, 0.5) is 0 Å². The molecule has 1 saturated carbocycles. The van der Waals surface area contributed by atoms with Crippen LogP contribution in [0.3, 0.4) is 0 Å². The second-order valence-corrected chi connectivity index (χ2v) is 5.62. The van der Waals surface area contributed by atoms with Crippen LogP contribution in [0.2, 0.25) is 0 Å². The van der Waals surface area contributed by atoms with Crippen molar-refractivity contribution in [3.05, 3.63) is 18.2 Å². The lowest BCUT2D eigenvalue weighted by molar-refractivity contribution is 0.0691. The minimum absolute atomic E-state index is 0.0611. The highest BCUT2D eigenvalue weighted by atomic mass is 32.2. The van der Waals surface area contributed by atoms with Crippen LogP contribution in [0.15, 0.2) is 12.5 Å². The van der Waals surface area contributed by atoms with E-state index >= 15 is 0 Å². The van der Waals surface area contributed by atoms with E-state index in [0.29, 0.717) is 6.54 Å². The van der Waals surface area contributed by atoms with Crippen molar-refractivity contribution in [1.29, 1.82) is 0 Å². The van der Waals surface area contributed by atoms with E-state index in [1.807, 2.05) is 0 Å². The fraction of sp³-hybridized carbons (Fsp3) is 0.556. The van der Waals surface area contributed by atoms with Gasteiger partial charge in [0, 0.05) is 25.3 Å². The van der Waals surface area contributed by atoms with Crippen LogP contribution in [0.5, 0.6) is 0 Å². The first-order valence-electron chi connectivity index (χ1n) is 5.48. The second kappa shape index (κ2) is 5.04. The lowest BCUT2D eigenvalue weighted by Crippen LogP contribution is -2.39. The molecule has 8 nitrogen and oxygen atoms in total. The maximum atomic E-state index is 11.4. The van der Waals surface area contributed by atoms with Crippen LogP contribution in [0.1, 0.15) is 23.3 Å². The average Bonchev–Trinajstić information content (AvgIpc) is 2.93. The van der Waals surface area contributed by atoms with Gasteiger partial charge in [-0.15, -0.1) is 0 Å². The highest BCUT2D eigenvalue weighted by molar-refractivity contribution is 7.87. The van der Waals surface area contributed by atoms with Gasteiger partial charge in [0.05, 0.1) is 6.33 Å². The number of rotatable bonds is 7. The smallest absolute Gasteiger partial charge is 0.356 e. The topological polar surface area (TPSA) is 113 Å². The molecule has 0 aliphatic heterocycles. The number of aromatic carboxylic acids is 1. The molecule has 2 rings (SSSR count). The molecule has 0 atom stereocenters. The molecule has 3 N–H and O–H groups in total. The number of hydrogen-bond acceptors (Lipinski definition) is 4. The summed E-state index contributed by atoms with van der Waals surface area (Å²) in [7, 11) is -3.45. The predicted molar refractivity (Wildman–Crippen MR) is 62.3 cm³/mol. The van der Waals surface area contributed by atoms with E-state index in [0.717, 1.165) is 12.8 Å². The van der Waals surface area contributed by atoms with Gasteiger partial charge in [-0.3, -0.25) is 0 Å². The van der Waals surface area contributed by atoms with E-state index in [9.17, 15) is 13.2 Å². The number of nitrogens with zero attached hydrogens (tertiary/aromatic N) is 2. The van der Waals surface area contributed by atoms with Crippen LogP contribution in [0.25, 0.3) is 0 Å². The van der Waals surface area contributed by atoms with Crippen LogP contribution < -0.4 is 9.44 Å². The Hall–Kier alpha value is -1.45. The quantitative estimate of drug-likeness (QED) is 0.600. The van der Waals surface area contributed by atoms with Crippen LogP contribution in [0, 0.1) is 0 Å². The van der Waals surface area contributed by atoms with Crippen LogP contribution >= 0.6 is 0 Å². The molecule has 1 aromatic heterocycles. The molecule has 100 valence electrons. The number of carbonyl (C=O) groups is 1. The highest BCUT2D eigenvalue weighted by Crippen LogP contribution is 2.19. The fourth-order valence-corrected chi connectivity index (χ4v) is 2.48. The summed E-state index contributed by atoms with van der Waals surface area (Å²) in [6.45, 7) is 0.503. The summed E-state index contributed by atoms with van der Waals surface area (Å²) < 4.78 is 29.3. The number of carboxylic acid groups (broad SMARTS) is 1. The van der Waals surface area contributed by atoms with Crippen LogP contribution in [-0.4, -0.2) is 41.6 Å². The number of imidazole rings is 1. The van der Waals surface area contributed by atoms with Crippen molar-refractivity contribution in [2.75, 3.05) is 6.54 Å². The Balaban J connectivity index is 1.78. The maximum Gasteiger partial charge on any atom is 0.356 e. The standard InChI is InChI=1S/C9H14N4O4S/c14-9(15)8-5-13(6-10-8)4-3-11-18(16,17)12-7-1-2-7/h5-7,11-12H,1-4H2,(H,14,15). The van der Waals surface area contributed by atoms with E-state index in [1.54, 1.807) is 0 Å². The van der Waals surface area contributed by atoms with Gasteiger partial charge in [-0.2, -0.15) is 13.1 Å². The van der Waals surface area contributed by atoms with Crippen molar-refractivity contribution in [2.24, 2.45) is 0 Å². The first-order valence-corrected chi connectivity index (χ1v) is 6.96. The predicted octanol–water partition coefficient (Wildman–Crippen LogP) is -0.832. The van der Waals surface area contributed by atoms with E-state index in [2.05, 4.69) is 14.4 Å². The Kier molecular flexibility index (Phi) is 3.64. The van der Waals surface area contributed by atoms with Crippen molar-refractivity contribution in [3.63, 3.8) is 0 Å². The van der Waals surface area contributed by atoms with Crippen molar-refractivity contribution < 1.29 is 18.3 Å². The zero-order valence-electron chi connectivity index (χ0n) is 9.54. The Morgan fingerprint density at radius 3 is 2.83 bits per heavy atom. The number of hydrogen-bond donors (Lipinski definition) is 3. The van der Waals surface area contributed by atoms with Crippen molar-refractivity contribution in [2.45, 2.75) is 25.4 Å². The van der Waals surface area contributed by atoms with Gasteiger partial charge in [0.25, 0.3) is 10.2 Å². The summed E-state index contributed by atoms with van der Waals surface area (Å²) in [5.74, 6) is -1.11. The van der Waals surface area contributed by atoms with Crippen LogP contribution in [-0.2, 0) is 16.8 Å². The lowest BCUT2D eigenvalue weighted by atomic mass is 10.5. The lowest BCUT2D eigenvalue weighted by Gasteiger charge is -2.07. The molecule has 0 radical (unpaired) electrons. The molecule has 0 unspecified atom stereocenters. The molecule has 1 aliphatic carbocycles. The van der Waals surface area contributed by atoms with Crippen molar-refractivity contribution in [3.8, 4) is 0 Å². The minimum atomic E-state index is -3.45. The average molecular weight is 274 g/mol. The molecular formula is C9H14N4O4S. The van der Waals surface area contributed by atoms with E-state index in [-0.39, 0.29) is 18.3 Å². The summed E-state index contributed by atoms with van der Waals surface area (Å²) in [5, 5.41) is 8.66. The van der Waals surface area contributed by atoms with Gasteiger partial charge >= 0.3 is 5.97 Å². The summed E-state index contributed by atoms with van der Waals surface area (Å²) in [4.78, 5) is 14.2. The summed E-state index contributed by atoms with van der Waals surface area (Å²) in [6.07, 6.45) is 4.46. The molecule has 1 aliphatic rings. The largest absolute Gasteiger partial charge is 0.476 e. The number of nitrogens with one attached hydrogen (secondary N) is 2. The van der Waals surface area contributed by atoms with Crippen molar-refractivity contribution in [1.82, 2.24) is 19.0 Å². The first kappa shape index (κ1) is 13.0. The van der Waals surface area contributed by atoms with Gasteiger partial charge in [-0.25, -0.2) is 14.5 Å². The third kappa shape index (κ3) is 3.79. The Morgan fingerprint density at radius 1 is 1.56 bits per heavy atom. The summed E-state index contributed by atoms with van der Waals surface area (Å²) in [6, 6.07) is 0.0642. The summed E-state index contributed by atoms with van der Waals surface area (Å²) in [5.41, 5.74) is -0.0611. The Labute approximate surface area is 104 Å². The summed E-state index contributed by atoms with van der Waals surface area (Å²) >= 11 is 0. The van der Waals surface area contributed by atoms with Crippen molar-refractivity contribution >= 4 is 16.2 Å². The number of carboxylic acids is 1. The molecule has 1 aromatic rings. The molecule has 9 heteroatoms. The zero-order valence-corrected chi connectivity index (χ0v) is 10.4. The zero-order chi connectivity index (χ0) is 13.2. The van der Waals surface area contributed by atoms with Gasteiger partial charge in [-0.05, 0) is 12.8 Å². The van der Waals surface area contributed by atoms with Gasteiger partial charge in [0.15, 0.2) is 5.69 Å². The molecule has 0 spiro atoms. The third-order valence-electron chi connectivity index (χ3n) is 2.41. The molecule has 0 amide bonds. The minimum Gasteiger partial charge on any atom is -0.476 e. The molecule has 18 heavy (non-hydrogen) atoms. The maximum absolute atomic E-state index is 11.4. The van der Waals surface area contributed by atoms with Gasteiger partial charge < -0.3 is 9.67 Å². The normalized spacial score (nSPS) is 15.8. The van der Waals surface area contributed by atoms with E-state index in [1.165, 1.54) is 17.1 Å². The van der Waals surface area contributed by atoms with Gasteiger partial charge in [-0.1, -0.05) is 0 Å². The van der Waals surface area contributed by atoms with E-state index in [4.69, 9.17) is 5.11 Å². The number of aromatic nitrogens is 2. The monoisotopic (exact) mass is 274 g/mol. The van der Waals surface area contributed by atoms with Gasteiger partial charge in [0.2, 0.25) is 0 Å². The third-order valence-corrected chi connectivity index (χ3v) is 3.64. The molecular weight excluding hydrogens is 260 g/mol. The fourth-order valence-electron chi connectivity index (χ4n) is 1.36. The Bertz CT molecular complexity index is 535. The highest BCUT2D eigenvalue weighted by Gasteiger charge is 2.26. The molecule has 0 saturated heterocycles. The second-order valence-electron chi connectivity index (χ2n) is 4.09. The Morgan fingerprint density at radius 2 is 2.28 bits per heavy atom. The van der Waals surface area contributed by atoms with Gasteiger partial charge in [0.1, 0.15) is 0 Å².